The Hall–Kier alpha value is -2.11. The van der Waals surface area contributed by atoms with Crippen LogP contribution in [0.3, 0.4) is 0 Å². The maximum absolute atomic E-state index is 12.8. The summed E-state index contributed by atoms with van der Waals surface area (Å²) in [4.78, 5) is 37.9. The smallest absolute Gasteiger partial charge is 0.306 e. The molecule has 0 bridgehead atoms. The zero-order chi connectivity index (χ0) is 43.7. The summed E-state index contributed by atoms with van der Waals surface area (Å²) in [5.74, 6) is -0.880. The Morgan fingerprint density at radius 2 is 0.550 bits per heavy atom. The third-order valence-electron chi connectivity index (χ3n) is 11.7. The fraction of sp³-hybridized carbons (Fsp3) is 0.870. The Bertz CT molecular complexity index is 973. The molecular formula is C54H100O6. The van der Waals surface area contributed by atoms with Gasteiger partial charge in [-0.1, -0.05) is 218 Å². The van der Waals surface area contributed by atoms with Gasteiger partial charge in [0.1, 0.15) is 13.2 Å². The fourth-order valence-corrected chi connectivity index (χ4v) is 7.67. The van der Waals surface area contributed by atoms with Gasteiger partial charge in [-0.3, -0.25) is 14.4 Å². The molecule has 0 fully saturated rings. The molecular weight excluding hydrogens is 745 g/mol. The van der Waals surface area contributed by atoms with E-state index in [1.807, 2.05) is 0 Å². The van der Waals surface area contributed by atoms with Gasteiger partial charge in [0.25, 0.3) is 0 Å². The van der Waals surface area contributed by atoms with Crippen molar-refractivity contribution in [2.45, 2.75) is 290 Å². The van der Waals surface area contributed by atoms with Crippen LogP contribution in [0.15, 0.2) is 24.3 Å². The van der Waals surface area contributed by atoms with Crippen LogP contribution in [0.4, 0.5) is 0 Å². The van der Waals surface area contributed by atoms with E-state index in [9.17, 15) is 14.4 Å². The second-order valence-electron chi connectivity index (χ2n) is 17.8. The molecule has 1 atom stereocenters. The van der Waals surface area contributed by atoms with Gasteiger partial charge in [0.2, 0.25) is 0 Å². The van der Waals surface area contributed by atoms with Crippen LogP contribution in [0.2, 0.25) is 0 Å². The fourth-order valence-electron chi connectivity index (χ4n) is 7.67. The van der Waals surface area contributed by atoms with Crippen molar-refractivity contribution in [1.29, 1.82) is 0 Å². The van der Waals surface area contributed by atoms with E-state index in [4.69, 9.17) is 14.2 Å². The Balaban J connectivity index is 4.34. The van der Waals surface area contributed by atoms with Gasteiger partial charge in [-0.25, -0.2) is 0 Å². The number of hydrogen-bond acceptors (Lipinski definition) is 6. The summed E-state index contributed by atoms with van der Waals surface area (Å²) in [6.45, 7) is 6.63. The van der Waals surface area contributed by atoms with Crippen LogP contribution in [-0.2, 0) is 28.6 Å². The topological polar surface area (TPSA) is 78.9 Å². The van der Waals surface area contributed by atoms with Crippen molar-refractivity contribution < 1.29 is 28.6 Å². The Morgan fingerprint density at radius 1 is 0.317 bits per heavy atom. The first-order valence-corrected chi connectivity index (χ1v) is 26.3. The normalized spacial score (nSPS) is 12.1. The lowest BCUT2D eigenvalue weighted by Gasteiger charge is -2.18. The van der Waals surface area contributed by atoms with Crippen molar-refractivity contribution in [3.8, 4) is 0 Å². The zero-order valence-electron chi connectivity index (χ0n) is 40.2. The molecule has 0 aromatic heterocycles. The summed E-state index contributed by atoms with van der Waals surface area (Å²) in [5, 5.41) is 0. The molecule has 0 aliphatic heterocycles. The lowest BCUT2D eigenvalue weighted by atomic mass is 10.1. The van der Waals surface area contributed by atoms with Crippen molar-refractivity contribution in [3.05, 3.63) is 24.3 Å². The predicted octanol–water partition coefficient (Wildman–Crippen LogP) is 17.2. The summed E-state index contributed by atoms with van der Waals surface area (Å²) < 4.78 is 16.8. The van der Waals surface area contributed by atoms with Crippen LogP contribution < -0.4 is 0 Å². The molecule has 1 unspecified atom stereocenters. The van der Waals surface area contributed by atoms with E-state index < -0.39 is 6.10 Å². The number of esters is 3. The van der Waals surface area contributed by atoms with Gasteiger partial charge in [-0.15, -0.1) is 0 Å². The molecule has 0 heterocycles. The quantitative estimate of drug-likeness (QED) is 0.0263. The average Bonchev–Trinajstić information content (AvgIpc) is 3.24. The first kappa shape index (κ1) is 57.9. The minimum Gasteiger partial charge on any atom is -0.462 e. The first-order chi connectivity index (χ1) is 29.5. The Morgan fingerprint density at radius 3 is 0.833 bits per heavy atom. The van der Waals surface area contributed by atoms with E-state index in [1.165, 1.54) is 173 Å². The largest absolute Gasteiger partial charge is 0.462 e. The number of rotatable bonds is 48. The van der Waals surface area contributed by atoms with Crippen molar-refractivity contribution in [2.75, 3.05) is 13.2 Å². The molecule has 0 aliphatic rings. The van der Waals surface area contributed by atoms with Crippen molar-refractivity contribution in [1.82, 2.24) is 0 Å². The molecule has 0 N–H and O–H groups in total. The monoisotopic (exact) mass is 845 g/mol. The number of unbranched alkanes of at least 4 members (excludes halogenated alkanes) is 33. The van der Waals surface area contributed by atoms with Crippen LogP contribution in [0.5, 0.6) is 0 Å². The molecule has 6 heteroatoms. The Kier molecular flexibility index (Phi) is 47.8. The third-order valence-corrected chi connectivity index (χ3v) is 11.7. The molecule has 0 aromatic rings. The molecule has 6 nitrogen and oxygen atoms in total. The number of allylic oxidation sites excluding steroid dienone is 4. The highest BCUT2D eigenvalue weighted by Gasteiger charge is 2.19. The maximum Gasteiger partial charge on any atom is 0.306 e. The molecule has 0 aromatic carbocycles. The molecule has 352 valence electrons. The molecule has 0 amide bonds. The number of carbonyl (C=O) groups is 3. The van der Waals surface area contributed by atoms with Crippen molar-refractivity contribution >= 4 is 17.9 Å². The second-order valence-corrected chi connectivity index (χ2v) is 17.8. The molecule has 0 saturated carbocycles. The lowest BCUT2D eigenvalue weighted by Crippen LogP contribution is -2.30. The van der Waals surface area contributed by atoms with E-state index >= 15 is 0 Å². The lowest BCUT2D eigenvalue weighted by molar-refractivity contribution is -0.167. The highest BCUT2D eigenvalue weighted by atomic mass is 16.6. The van der Waals surface area contributed by atoms with Crippen molar-refractivity contribution in [3.63, 3.8) is 0 Å². The standard InChI is InChI=1S/C54H100O6/c1-4-7-10-13-16-19-22-24-26-28-30-32-35-38-41-44-47-53(56)59-50-51(49-58-52(55)46-43-40-37-34-21-18-15-12-9-6-3)60-54(57)48-45-42-39-36-33-31-29-27-25-23-20-17-14-11-8-5-2/h26-29,51H,4-25,30-50H2,1-3H3/b28-26-,29-27-. The molecule has 0 rings (SSSR count). The van der Waals surface area contributed by atoms with E-state index in [1.54, 1.807) is 0 Å². The summed E-state index contributed by atoms with van der Waals surface area (Å²) in [7, 11) is 0. The summed E-state index contributed by atoms with van der Waals surface area (Å²) in [6, 6.07) is 0. The van der Waals surface area contributed by atoms with Gasteiger partial charge in [0.05, 0.1) is 0 Å². The van der Waals surface area contributed by atoms with Crippen LogP contribution in [-0.4, -0.2) is 37.2 Å². The van der Waals surface area contributed by atoms with Gasteiger partial charge in [0, 0.05) is 19.3 Å². The highest BCUT2D eigenvalue weighted by molar-refractivity contribution is 5.71. The number of carbonyl (C=O) groups excluding carboxylic acids is 3. The van der Waals surface area contributed by atoms with Crippen LogP contribution in [0.1, 0.15) is 284 Å². The SMILES string of the molecule is CCCCCCCCC/C=C\CCCCCCCC(=O)OCC(COC(=O)CCCCCCCCCCCC)OC(=O)CCCCCCC/C=C\CCCCCCCCC. The van der Waals surface area contributed by atoms with Gasteiger partial charge in [-0.2, -0.15) is 0 Å². The van der Waals surface area contributed by atoms with E-state index in [2.05, 4.69) is 45.1 Å². The van der Waals surface area contributed by atoms with E-state index in [-0.39, 0.29) is 31.1 Å². The number of hydrogen-bond donors (Lipinski definition) is 0. The Labute approximate surface area is 373 Å². The first-order valence-electron chi connectivity index (χ1n) is 26.3. The number of ether oxygens (including phenoxy) is 3. The van der Waals surface area contributed by atoms with Gasteiger partial charge in [0.15, 0.2) is 6.10 Å². The second kappa shape index (κ2) is 49.5. The minimum absolute atomic E-state index is 0.0738. The minimum atomic E-state index is -0.773. The highest BCUT2D eigenvalue weighted by Crippen LogP contribution is 2.15. The van der Waals surface area contributed by atoms with Crippen molar-refractivity contribution in [2.24, 2.45) is 0 Å². The van der Waals surface area contributed by atoms with Gasteiger partial charge >= 0.3 is 17.9 Å². The summed E-state index contributed by atoms with van der Waals surface area (Å²) >= 11 is 0. The molecule has 0 radical (unpaired) electrons. The molecule has 0 spiro atoms. The molecule has 0 aliphatic carbocycles. The van der Waals surface area contributed by atoms with Crippen LogP contribution in [0.25, 0.3) is 0 Å². The maximum atomic E-state index is 12.8. The molecule has 60 heavy (non-hydrogen) atoms. The third kappa shape index (κ3) is 46.9. The summed E-state index contributed by atoms with van der Waals surface area (Å²) in [6.07, 6.45) is 55.9. The zero-order valence-corrected chi connectivity index (χ0v) is 40.2. The van der Waals surface area contributed by atoms with Gasteiger partial charge < -0.3 is 14.2 Å². The van der Waals surface area contributed by atoms with Crippen LogP contribution >= 0.6 is 0 Å². The van der Waals surface area contributed by atoms with Crippen LogP contribution in [0, 0.1) is 0 Å². The average molecular weight is 845 g/mol. The van der Waals surface area contributed by atoms with E-state index in [0.29, 0.717) is 19.3 Å². The van der Waals surface area contributed by atoms with E-state index in [0.717, 1.165) is 70.6 Å². The molecule has 0 saturated heterocycles. The predicted molar refractivity (Wildman–Crippen MR) is 256 cm³/mol. The summed E-state index contributed by atoms with van der Waals surface area (Å²) in [5.41, 5.74) is 0. The van der Waals surface area contributed by atoms with Gasteiger partial charge in [-0.05, 0) is 70.6 Å².